The molecule has 0 atom stereocenters. The molecule has 0 unspecified atom stereocenters. The van der Waals surface area contributed by atoms with Crippen molar-refractivity contribution >= 4 is 34.5 Å². The van der Waals surface area contributed by atoms with Crippen LogP contribution in [0.1, 0.15) is 39.3 Å². The molecule has 8 nitrogen and oxygen atoms in total. The second-order valence-corrected chi connectivity index (χ2v) is 7.99. The van der Waals surface area contributed by atoms with Gasteiger partial charge in [0.2, 0.25) is 5.95 Å². The Morgan fingerprint density at radius 2 is 1.96 bits per heavy atom. The van der Waals surface area contributed by atoms with Gasteiger partial charge in [-0.2, -0.15) is 9.97 Å². The topological polar surface area (TPSA) is 108 Å². The fraction of sp³-hybridized carbons (Fsp3) is 0.421. The van der Waals surface area contributed by atoms with Crippen LogP contribution in [0.2, 0.25) is 5.02 Å². The van der Waals surface area contributed by atoms with Crippen LogP contribution in [0.15, 0.2) is 24.5 Å². The molecular weight excluding hydrogens is 380 g/mol. The number of nitrogens with one attached hydrogen (secondary N) is 2. The number of para-hydroxylation sites is 1. The van der Waals surface area contributed by atoms with Gasteiger partial charge in [0.05, 0.1) is 17.0 Å². The van der Waals surface area contributed by atoms with E-state index in [9.17, 15) is 10.2 Å². The maximum Gasteiger partial charge on any atom is 0.226 e. The third-order valence-electron chi connectivity index (χ3n) is 4.17. The van der Waals surface area contributed by atoms with Crippen LogP contribution < -0.4 is 10.6 Å². The fourth-order valence-electron chi connectivity index (χ4n) is 2.67. The van der Waals surface area contributed by atoms with E-state index < -0.39 is 5.60 Å². The molecule has 0 aliphatic carbocycles. The molecule has 0 saturated carbocycles. The number of aliphatic hydroxyl groups is 1. The second-order valence-electron chi connectivity index (χ2n) is 7.58. The Balaban J connectivity index is 1.96. The van der Waals surface area contributed by atoms with Crippen LogP contribution in [0.3, 0.4) is 0 Å². The maximum atomic E-state index is 10.1. The zero-order valence-electron chi connectivity index (χ0n) is 16.4. The first-order valence-corrected chi connectivity index (χ1v) is 9.44. The quantitative estimate of drug-likeness (QED) is 0.476. The van der Waals surface area contributed by atoms with Gasteiger partial charge < -0.3 is 25.4 Å². The van der Waals surface area contributed by atoms with Gasteiger partial charge >= 0.3 is 0 Å². The van der Waals surface area contributed by atoms with Crippen molar-refractivity contribution in [2.24, 2.45) is 0 Å². The first kappa shape index (κ1) is 20.2. The minimum Gasteiger partial charge on any atom is -0.506 e. The Bertz CT molecular complexity index is 980. The van der Waals surface area contributed by atoms with E-state index in [1.165, 1.54) is 0 Å². The van der Waals surface area contributed by atoms with Gasteiger partial charge in [-0.3, -0.25) is 0 Å². The minimum absolute atomic E-state index is 0.0371. The Labute approximate surface area is 168 Å². The number of anilines is 2. The predicted octanol–water partition coefficient (Wildman–Crippen LogP) is 3.56. The van der Waals surface area contributed by atoms with E-state index >= 15 is 0 Å². The van der Waals surface area contributed by atoms with Gasteiger partial charge in [-0.1, -0.05) is 23.7 Å². The lowest BCUT2D eigenvalue weighted by Crippen LogP contribution is -2.30. The highest BCUT2D eigenvalue weighted by Gasteiger charge is 2.18. The Morgan fingerprint density at radius 1 is 1.21 bits per heavy atom. The van der Waals surface area contributed by atoms with Crippen molar-refractivity contribution in [3.63, 3.8) is 0 Å². The summed E-state index contributed by atoms with van der Waals surface area (Å²) in [6, 6.07) is 5.36. The van der Waals surface area contributed by atoms with Crippen LogP contribution in [0.25, 0.3) is 11.2 Å². The number of imidazole rings is 1. The molecule has 3 rings (SSSR count). The standard InChI is InChI=1S/C19H25ClN6O2/c1-11(2)26-10-23-14-16(21-8-12-6-5-7-13(20)15(12)27)24-18(25-17(14)26)22-9-19(3,4)28/h5-7,10-11,27-28H,8-9H2,1-4H3,(H2,21,22,24,25). The molecule has 28 heavy (non-hydrogen) atoms. The van der Waals surface area contributed by atoms with Crippen LogP contribution in [-0.4, -0.2) is 41.9 Å². The number of halogens is 1. The van der Waals surface area contributed by atoms with Crippen molar-refractivity contribution in [1.82, 2.24) is 19.5 Å². The Kier molecular flexibility index (Phi) is 5.62. The average Bonchev–Trinajstić information content (AvgIpc) is 3.05. The number of nitrogens with zero attached hydrogens (tertiary/aromatic N) is 4. The molecule has 9 heteroatoms. The molecule has 0 aliphatic heterocycles. The number of hydrogen-bond donors (Lipinski definition) is 4. The lowest BCUT2D eigenvalue weighted by Gasteiger charge is -2.18. The molecule has 0 radical (unpaired) electrons. The fourth-order valence-corrected chi connectivity index (χ4v) is 2.87. The number of fused-ring (bicyclic) bond motifs is 1. The molecule has 1 aromatic carbocycles. The lowest BCUT2D eigenvalue weighted by atomic mass is 10.1. The summed E-state index contributed by atoms with van der Waals surface area (Å²) in [6.45, 7) is 8.12. The molecule has 0 saturated heterocycles. The first-order chi connectivity index (χ1) is 13.2. The summed E-state index contributed by atoms with van der Waals surface area (Å²) >= 11 is 5.99. The molecule has 150 valence electrons. The minimum atomic E-state index is -0.906. The number of phenolic OH excluding ortho intramolecular Hbond substituents is 1. The van der Waals surface area contributed by atoms with Gasteiger partial charge in [-0.25, -0.2) is 4.98 Å². The molecule has 0 spiro atoms. The molecule has 0 amide bonds. The zero-order chi connectivity index (χ0) is 20.5. The number of benzene rings is 1. The van der Waals surface area contributed by atoms with Gasteiger partial charge in [-0.05, 0) is 33.8 Å². The van der Waals surface area contributed by atoms with Crippen molar-refractivity contribution < 1.29 is 10.2 Å². The van der Waals surface area contributed by atoms with Gasteiger partial charge in [0.1, 0.15) is 5.75 Å². The first-order valence-electron chi connectivity index (χ1n) is 9.07. The number of aromatic hydroxyl groups is 1. The van der Waals surface area contributed by atoms with Gasteiger partial charge in [0, 0.05) is 24.7 Å². The van der Waals surface area contributed by atoms with E-state index in [1.807, 2.05) is 18.4 Å². The second kappa shape index (κ2) is 7.81. The SMILES string of the molecule is CC(C)n1cnc2c(NCc3cccc(Cl)c3O)nc(NCC(C)(C)O)nc21. The third-order valence-corrected chi connectivity index (χ3v) is 4.48. The Hall–Kier alpha value is -2.58. The molecule has 0 bridgehead atoms. The zero-order valence-corrected chi connectivity index (χ0v) is 17.1. The molecule has 4 N–H and O–H groups in total. The largest absolute Gasteiger partial charge is 0.506 e. The summed E-state index contributed by atoms with van der Waals surface area (Å²) in [6.07, 6.45) is 1.73. The van der Waals surface area contributed by atoms with E-state index in [1.54, 1.807) is 38.4 Å². The van der Waals surface area contributed by atoms with Gasteiger partial charge in [0.25, 0.3) is 0 Å². The van der Waals surface area contributed by atoms with E-state index in [0.717, 1.165) is 0 Å². The van der Waals surface area contributed by atoms with E-state index in [2.05, 4.69) is 25.6 Å². The van der Waals surface area contributed by atoms with Crippen molar-refractivity contribution in [3.8, 4) is 5.75 Å². The molecular formula is C19H25ClN6O2. The maximum absolute atomic E-state index is 10.1. The van der Waals surface area contributed by atoms with E-state index in [-0.39, 0.29) is 11.8 Å². The summed E-state index contributed by atoms with van der Waals surface area (Å²) in [7, 11) is 0. The average molecular weight is 405 g/mol. The van der Waals surface area contributed by atoms with Crippen molar-refractivity contribution in [2.75, 3.05) is 17.2 Å². The summed E-state index contributed by atoms with van der Waals surface area (Å²) in [4.78, 5) is 13.5. The molecule has 0 fully saturated rings. The summed E-state index contributed by atoms with van der Waals surface area (Å²) in [5, 5.41) is 26.7. The lowest BCUT2D eigenvalue weighted by molar-refractivity contribution is 0.0943. The summed E-state index contributed by atoms with van der Waals surface area (Å²) in [5.41, 5.74) is 1.05. The Morgan fingerprint density at radius 3 is 2.64 bits per heavy atom. The highest BCUT2D eigenvalue weighted by atomic mass is 35.5. The molecule has 0 aliphatic rings. The van der Waals surface area contributed by atoms with Gasteiger partial charge in [-0.15, -0.1) is 0 Å². The van der Waals surface area contributed by atoms with Crippen LogP contribution in [0, 0.1) is 0 Å². The van der Waals surface area contributed by atoms with Crippen LogP contribution in [0.4, 0.5) is 11.8 Å². The monoisotopic (exact) mass is 404 g/mol. The number of hydrogen-bond acceptors (Lipinski definition) is 7. The van der Waals surface area contributed by atoms with Crippen LogP contribution >= 0.6 is 11.6 Å². The summed E-state index contributed by atoms with van der Waals surface area (Å²) < 4.78 is 1.95. The predicted molar refractivity (Wildman–Crippen MR) is 111 cm³/mol. The highest BCUT2D eigenvalue weighted by Crippen LogP contribution is 2.29. The van der Waals surface area contributed by atoms with Crippen molar-refractivity contribution in [1.29, 1.82) is 0 Å². The molecule has 2 aromatic heterocycles. The molecule has 3 aromatic rings. The van der Waals surface area contributed by atoms with Crippen molar-refractivity contribution in [3.05, 3.63) is 35.1 Å². The van der Waals surface area contributed by atoms with Gasteiger partial charge in [0.15, 0.2) is 17.0 Å². The van der Waals surface area contributed by atoms with E-state index in [4.69, 9.17) is 11.6 Å². The summed E-state index contributed by atoms with van der Waals surface area (Å²) in [5.74, 6) is 0.951. The molecule has 2 heterocycles. The normalized spacial score (nSPS) is 12.0. The number of aromatic nitrogens is 4. The number of rotatable bonds is 7. The number of phenols is 1. The van der Waals surface area contributed by atoms with Crippen LogP contribution in [0.5, 0.6) is 5.75 Å². The van der Waals surface area contributed by atoms with Crippen LogP contribution in [-0.2, 0) is 6.54 Å². The van der Waals surface area contributed by atoms with Crippen molar-refractivity contribution in [2.45, 2.75) is 45.9 Å². The van der Waals surface area contributed by atoms with E-state index in [0.29, 0.717) is 46.6 Å². The third kappa shape index (κ3) is 4.45. The smallest absolute Gasteiger partial charge is 0.226 e. The highest BCUT2D eigenvalue weighted by molar-refractivity contribution is 6.32.